The van der Waals surface area contributed by atoms with Gasteiger partial charge in [0.1, 0.15) is 16.6 Å². The predicted molar refractivity (Wildman–Crippen MR) is 83.2 cm³/mol. The smallest absolute Gasteiger partial charge is 0.171 e. The van der Waals surface area contributed by atoms with Gasteiger partial charge in [0.15, 0.2) is 5.78 Å². The molecule has 0 spiro atoms. The third-order valence-electron chi connectivity index (χ3n) is 3.82. The molecule has 0 saturated heterocycles. The van der Waals surface area contributed by atoms with Crippen LogP contribution in [0.4, 0.5) is 10.7 Å². The van der Waals surface area contributed by atoms with Gasteiger partial charge in [0.05, 0.1) is 10.6 Å². The monoisotopic (exact) mass is 291 g/mol. The first kappa shape index (κ1) is 14.9. The average molecular weight is 291 g/mol. The van der Waals surface area contributed by atoms with Crippen LogP contribution in [0.25, 0.3) is 0 Å². The van der Waals surface area contributed by atoms with E-state index in [1.165, 1.54) is 50.4 Å². The molecule has 1 aliphatic rings. The normalized spacial score (nSPS) is 17.0. The number of nitriles is 1. The van der Waals surface area contributed by atoms with E-state index in [1.807, 2.05) is 0 Å². The number of nitrogens with one attached hydrogen (secondary N) is 1. The van der Waals surface area contributed by atoms with Gasteiger partial charge in [-0.15, -0.1) is 11.3 Å². The summed E-state index contributed by atoms with van der Waals surface area (Å²) in [7, 11) is 0. The van der Waals surface area contributed by atoms with E-state index in [2.05, 4.69) is 11.4 Å². The number of Topliss-reactive ketones (excluding diaryl/α,β-unsaturated/α-hetero) is 1. The summed E-state index contributed by atoms with van der Waals surface area (Å²) >= 11 is 1.32. The molecule has 20 heavy (non-hydrogen) atoms. The second-order valence-electron chi connectivity index (χ2n) is 5.40. The Labute approximate surface area is 124 Å². The SMILES string of the molecule is CC(=O)c1sc(NC2CCCCCCC2)c(C#N)c1N. The summed E-state index contributed by atoms with van der Waals surface area (Å²) in [5.74, 6) is -0.0743. The van der Waals surface area contributed by atoms with Crippen LogP contribution in [0, 0.1) is 11.3 Å². The van der Waals surface area contributed by atoms with E-state index in [-0.39, 0.29) is 5.78 Å². The van der Waals surface area contributed by atoms with Gasteiger partial charge in [0.25, 0.3) is 0 Å². The van der Waals surface area contributed by atoms with E-state index in [9.17, 15) is 10.1 Å². The molecule has 1 fully saturated rings. The van der Waals surface area contributed by atoms with Crippen LogP contribution in [0.5, 0.6) is 0 Å². The Morgan fingerprint density at radius 2 is 1.90 bits per heavy atom. The van der Waals surface area contributed by atoms with Gasteiger partial charge in [-0.25, -0.2) is 0 Å². The molecule has 1 aromatic rings. The van der Waals surface area contributed by atoms with Crippen LogP contribution in [-0.2, 0) is 0 Å². The highest BCUT2D eigenvalue weighted by molar-refractivity contribution is 7.19. The molecule has 1 heterocycles. The first-order chi connectivity index (χ1) is 9.63. The van der Waals surface area contributed by atoms with Crippen molar-refractivity contribution < 1.29 is 4.79 Å². The Morgan fingerprint density at radius 1 is 1.30 bits per heavy atom. The summed E-state index contributed by atoms with van der Waals surface area (Å²) in [6.07, 6.45) is 8.59. The summed E-state index contributed by atoms with van der Waals surface area (Å²) in [5.41, 5.74) is 6.67. The third kappa shape index (κ3) is 3.31. The van der Waals surface area contributed by atoms with Crippen molar-refractivity contribution in [1.82, 2.24) is 0 Å². The minimum Gasteiger partial charge on any atom is -0.396 e. The van der Waals surface area contributed by atoms with Gasteiger partial charge in [-0.3, -0.25) is 4.79 Å². The van der Waals surface area contributed by atoms with Gasteiger partial charge >= 0.3 is 0 Å². The molecule has 0 aliphatic heterocycles. The van der Waals surface area contributed by atoms with Crippen LogP contribution < -0.4 is 11.1 Å². The third-order valence-corrected chi connectivity index (χ3v) is 5.05. The lowest BCUT2D eigenvalue weighted by Gasteiger charge is -2.21. The molecule has 5 heteroatoms. The fourth-order valence-electron chi connectivity index (χ4n) is 2.70. The van der Waals surface area contributed by atoms with Crippen molar-refractivity contribution in [3.63, 3.8) is 0 Å². The lowest BCUT2D eigenvalue weighted by molar-refractivity contribution is 0.102. The lowest BCUT2D eigenvalue weighted by Crippen LogP contribution is -2.20. The molecular formula is C15H21N3OS. The number of nitrogens with zero attached hydrogens (tertiary/aromatic N) is 1. The van der Waals surface area contributed by atoms with Gasteiger partial charge in [-0.2, -0.15) is 5.26 Å². The van der Waals surface area contributed by atoms with Gasteiger partial charge in [0.2, 0.25) is 0 Å². The Balaban J connectivity index is 2.17. The maximum absolute atomic E-state index is 11.5. The highest BCUT2D eigenvalue weighted by Gasteiger charge is 2.21. The maximum atomic E-state index is 11.5. The number of thiophene rings is 1. The summed E-state index contributed by atoms with van der Waals surface area (Å²) in [5, 5.41) is 13.5. The quantitative estimate of drug-likeness (QED) is 0.827. The van der Waals surface area contributed by atoms with Crippen LogP contribution in [0.2, 0.25) is 0 Å². The fraction of sp³-hybridized carbons (Fsp3) is 0.600. The van der Waals surface area contributed by atoms with Crippen LogP contribution in [-0.4, -0.2) is 11.8 Å². The Hall–Kier alpha value is -1.54. The number of nitrogens with two attached hydrogens (primary N) is 1. The Morgan fingerprint density at radius 3 is 2.45 bits per heavy atom. The minimum absolute atomic E-state index is 0.0743. The molecule has 108 valence electrons. The van der Waals surface area contributed by atoms with Crippen molar-refractivity contribution in [3.05, 3.63) is 10.4 Å². The molecule has 3 N–H and O–H groups in total. The van der Waals surface area contributed by atoms with Crippen LogP contribution in [0.3, 0.4) is 0 Å². The molecule has 1 aliphatic carbocycles. The topological polar surface area (TPSA) is 78.9 Å². The van der Waals surface area contributed by atoms with E-state index >= 15 is 0 Å². The van der Waals surface area contributed by atoms with Crippen LogP contribution in [0.15, 0.2) is 0 Å². The molecule has 0 unspecified atom stereocenters. The fourth-order valence-corrected chi connectivity index (χ4v) is 3.75. The Kier molecular flexibility index (Phi) is 5.02. The summed E-state index contributed by atoms with van der Waals surface area (Å²) in [6.45, 7) is 1.49. The summed E-state index contributed by atoms with van der Waals surface area (Å²) in [6, 6.07) is 2.52. The Bertz CT molecular complexity index is 522. The van der Waals surface area contributed by atoms with Crippen LogP contribution >= 0.6 is 11.3 Å². The molecule has 2 rings (SSSR count). The van der Waals surface area contributed by atoms with E-state index in [1.54, 1.807) is 0 Å². The molecular weight excluding hydrogens is 270 g/mol. The van der Waals surface area contributed by atoms with E-state index in [0.29, 0.717) is 22.2 Å². The van der Waals surface area contributed by atoms with Crippen molar-refractivity contribution in [2.24, 2.45) is 0 Å². The lowest BCUT2D eigenvalue weighted by atomic mass is 9.97. The highest BCUT2D eigenvalue weighted by Crippen LogP contribution is 2.36. The largest absolute Gasteiger partial charge is 0.396 e. The van der Waals surface area contributed by atoms with E-state index in [0.717, 1.165) is 17.8 Å². The zero-order valence-corrected chi connectivity index (χ0v) is 12.7. The number of nitrogen functional groups attached to an aromatic ring is 1. The summed E-state index contributed by atoms with van der Waals surface area (Å²) in [4.78, 5) is 12.0. The number of carbonyl (C=O) groups excluding carboxylic acids is 1. The predicted octanol–water partition coefficient (Wildman–Crippen LogP) is 3.93. The standard InChI is InChI=1S/C15H21N3OS/c1-10(19)14-13(17)12(9-16)15(20-14)18-11-7-5-3-2-4-6-8-11/h11,18H,2-8,17H2,1H3. The highest BCUT2D eigenvalue weighted by atomic mass is 32.1. The zero-order valence-electron chi connectivity index (χ0n) is 11.9. The van der Waals surface area contributed by atoms with Crippen molar-refractivity contribution in [2.75, 3.05) is 11.1 Å². The van der Waals surface area contributed by atoms with Gasteiger partial charge in [-0.05, 0) is 12.8 Å². The molecule has 1 aromatic heterocycles. The average Bonchev–Trinajstić information content (AvgIpc) is 2.69. The van der Waals surface area contributed by atoms with Crippen molar-refractivity contribution in [2.45, 2.75) is 57.9 Å². The summed E-state index contributed by atoms with van der Waals surface area (Å²) < 4.78 is 0. The molecule has 0 amide bonds. The molecule has 1 saturated carbocycles. The number of hydrogen-bond acceptors (Lipinski definition) is 5. The van der Waals surface area contributed by atoms with Crippen LogP contribution in [0.1, 0.15) is 67.1 Å². The van der Waals surface area contributed by atoms with Crippen molar-refractivity contribution >= 4 is 27.8 Å². The molecule has 0 aromatic carbocycles. The van der Waals surface area contributed by atoms with Gasteiger partial charge < -0.3 is 11.1 Å². The minimum atomic E-state index is -0.0743. The first-order valence-electron chi connectivity index (χ1n) is 7.23. The number of anilines is 2. The second-order valence-corrected chi connectivity index (χ2v) is 6.42. The number of rotatable bonds is 3. The number of hydrogen-bond donors (Lipinski definition) is 2. The first-order valence-corrected chi connectivity index (χ1v) is 8.05. The molecule has 0 atom stereocenters. The van der Waals surface area contributed by atoms with E-state index < -0.39 is 0 Å². The van der Waals surface area contributed by atoms with Crippen molar-refractivity contribution in [3.8, 4) is 6.07 Å². The molecule has 4 nitrogen and oxygen atoms in total. The van der Waals surface area contributed by atoms with Crippen molar-refractivity contribution in [1.29, 1.82) is 5.26 Å². The second kappa shape index (κ2) is 6.76. The van der Waals surface area contributed by atoms with Gasteiger partial charge in [0, 0.05) is 13.0 Å². The zero-order chi connectivity index (χ0) is 14.5. The van der Waals surface area contributed by atoms with Gasteiger partial charge in [-0.1, -0.05) is 32.1 Å². The maximum Gasteiger partial charge on any atom is 0.171 e. The van der Waals surface area contributed by atoms with E-state index in [4.69, 9.17) is 5.73 Å². The number of ketones is 1. The molecule has 0 radical (unpaired) electrons. The molecule has 0 bridgehead atoms. The number of carbonyl (C=O) groups is 1.